The highest BCUT2D eigenvalue weighted by Crippen LogP contribution is 2.43. The van der Waals surface area contributed by atoms with Crippen LogP contribution in [0.5, 0.6) is 0 Å². The van der Waals surface area contributed by atoms with Gasteiger partial charge >= 0.3 is 0 Å². The minimum atomic E-state index is 0.166. The first-order valence-electron chi connectivity index (χ1n) is 7.44. The van der Waals surface area contributed by atoms with Crippen LogP contribution in [0.1, 0.15) is 11.1 Å². The Labute approximate surface area is 148 Å². The first-order chi connectivity index (χ1) is 12.2. The summed E-state index contributed by atoms with van der Waals surface area (Å²) in [6.07, 6.45) is 3.34. The van der Waals surface area contributed by atoms with Crippen LogP contribution in [0, 0.1) is 11.3 Å². The molecule has 0 saturated heterocycles. The van der Waals surface area contributed by atoms with Crippen molar-refractivity contribution in [3.05, 3.63) is 59.9 Å². The van der Waals surface area contributed by atoms with Gasteiger partial charge in [0, 0.05) is 28.4 Å². The smallest absolute Gasteiger partial charge is 0.143 e. The van der Waals surface area contributed by atoms with E-state index in [0.717, 1.165) is 16.1 Å². The minimum absolute atomic E-state index is 0.166. The molecule has 1 aliphatic heterocycles. The van der Waals surface area contributed by atoms with Crippen LogP contribution in [0.3, 0.4) is 0 Å². The summed E-state index contributed by atoms with van der Waals surface area (Å²) in [4.78, 5) is 14.0. The fourth-order valence-corrected chi connectivity index (χ4v) is 3.76. The van der Waals surface area contributed by atoms with Crippen molar-refractivity contribution in [1.29, 1.82) is 5.26 Å². The Morgan fingerprint density at radius 1 is 1.04 bits per heavy atom. The summed E-state index contributed by atoms with van der Waals surface area (Å²) >= 11 is 1.43. The number of nitriles is 1. The van der Waals surface area contributed by atoms with Crippen LogP contribution < -0.4 is 11.5 Å². The van der Waals surface area contributed by atoms with Crippen molar-refractivity contribution in [2.24, 2.45) is 10.7 Å². The zero-order valence-corrected chi connectivity index (χ0v) is 13.8. The van der Waals surface area contributed by atoms with Crippen LogP contribution in [-0.2, 0) is 0 Å². The Balaban J connectivity index is 2.09. The summed E-state index contributed by atoms with van der Waals surface area (Å²) in [6, 6.07) is 13.5. The van der Waals surface area contributed by atoms with Gasteiger partial charge in [0.05, 0.1) is 11.3 Å². The Kier molecular flexibility index (Phi) is 3.60. The number of aromatic nitrogens is 2. The monoisotopic (exact) mass is 344 g/mol. The number of fused-ring (bicyclic) bond motifs is 2. The van der Waals surface area contributed by atoms with E-state index in [0.29, 0.717) is 22.0 Å². The Bertz CT molecular complexity index is 1050. The van der Waals surface area contributed by atoms with Crippen molar-refractivity contribution in [3.63, 3.8) is 0 Å². The molecule has 2 aromatic heterocycles. The van der Waals surface area contributed by atoms with E-state index in [1.807, 2.05) is 30.3 Å². The van der Waals surface area contributed by atoms with Crippen molar-refractivity contribution >= 4 is 29.1 Å². The highest BCUT2D eigenvalue weighted by atomic mass is 32.2. The molecule has 0 fully saturated rings. The van der Waals surface area contributed by atoms with Gasteiger partial charge in [0.25, 0.3) is 0 Å². The molecule has 3 aromatic rings. The van der Waals surface area contributed by atoms with Crippen molar-refractivity contribution in [3.8, 4) is 17.2 Å². The van der Waals surface area contributed by atoms with Crippen LogP contribution in [0.15, 0.2) is 63.7 Å². The molecular weight excluding hydrogens is 332 g/mol. The molecule has 0 spiro atoms. The zero-order valence-electron chi connectivity index (χ0n) is 13.0. The first-order valence-corrected chi connectivity index (χ1v) is 8.26. The Hall–Kier alpha value is -3.37. The van der Waals surface area contributed by atoms with Gasteiger partial charge in [-0.2, -0.15) is 5.26 Å². The number of nitrogen functional groups attached to an aromatic ring is 1. The number of hydrogen-bond acceptors (Lipinski definition) is 7. The molecule has 0 bridgehead atoms. The van der Waals surface area contributed by atoms with Crippen molar-refractivity contribution in [2.45, 2.75) is 9.92 Å². The topological polar surface area (TPSA) is 114 Å². The standard InChI is InChI=1S/C18H12N6S/c19-8-11-14(10-4-3-7-22-9-10)15-17(21)23-12-5-1-2-6-13(12)25-18(15)24-16(11)20/h1-7,9H,(H2,20,24)(H2,21,23). The van der Waals surface area contributed by atoms with E-state index in [2.05, 4.69) is 21.0 Å². The lowest BCUT2D eigenvalue weighted by Crippen LogP contribution is -2.17. The molecule has 25 heavy (non-hydrogen) atoms. The molecule has 0 saturated carbocycles. The summed E-state index contributed by atoms with van der Waals surface area (Å²) in [7, 11) is 0. The second-order valence-electron chi connectivity index (χ2n) is 5.35. The third-order valence-electron chi connectivity index (χ3n) is 3.82. The number of aliphatic imine (C=N–C) groups is 1. The molecule has 120 valence electrons. The van der Waals surface area contributed by atoms with Gasteiger partial charge in [0.1, 0.15) is 28.3 Å². The predicted molar refractivity (Wildman–Crippen MR) is 97.5 cm³/mol. The molecule has 4 N–H and O–H groups in total. The molecule has 0 unspecified atom stereocenters. The van der Waals surface area contributed by atoms with Crippen LogP contribution in [0.4, 0.5) is 11.5 Å². The highest BCUT2D eigenvalue weighted by molar-refractivity contribution is 7.99. The number of pyridine rings is 2. The van der Waals surface area contributed by atoms with Crippen LogP contribution in [-0.4, -0.2) is 15.8 Å². The second kappa shape index (κ2) is 5.92. The van der Waals surface area contributed by atoms with E-state index < -0.39 is 0 Å². The van der Waals surface area contributed by atoms with E-state index in [1.54, 1.807) is 18.5 Å². The number of anilines is 1. The van der Waals surface area contributed by atoms with Crippen molar-refractivity contribution < 1.29 is 0 Å². The summed E-state index contributed by atoms with van der Waals surface area (Å²) in [5.74, 6) is 0.468. The lowest BCUT2D eigenvalue weighted by molar-refractivity contribution is 1.12. The predicted octanol–water partition coefficient (Wildman–Crippen LogP) is 3.10. The second-order valence-corrected chi connectivity index (χ2v) is 6.38. The van der Waals surface area contributed by atoms with Gasteiger partial charge in [-0.3, -0.25) is 4.98 Å². The molecule has 0 aliphatic carbocycles. The van der Waals surface area contributed by atoms with E-state index in [-0.39, 0.29) is 11.4 Å². The lowest BCUT2D eigenvalue weighted by Gasteiger charge is -2.15. The average molecular weight is 344 g/mol. The third-order valence-corrected chi connectivity index (χ3v) is 4.88. The van der Waals surface area contributed by atoms with Gasteiger partial charge < -0.3 is 11.5 Å². The van der Waals surface area contributed by atoms with Gasteiger partial charge in [-0.25, -0.2) is 9.98 Å². The largest absolute Gasteiger partial charge is 0.383 e. The molecule has 0 radical (unpaired) electrons. The average Bonchev–Trinajstić information content (AvgIpc) is 2.76. The molecule has 3 heterocycles. The van der Waals surface area contributed by atoms with Crippen LogP contribution in [0.25, 0.3) is 11.1 Å². The normalized spacial score (nSPS) is 12.4. The van der Waals surface area contributed by atoms with Crippen molar-refractivity contribution in [2.75, 3.05) is 5.73 Å². The van der Waals surface area contributed by atoms with Crippen molar-refractivity contribution in [1.82, 2.24) is 9.97 Å². The number of amidine groups is 1. The SMILES string of the molecule is N#Cc1c(N)nc2c(c1-c1cccnc1)C(N)=Nc1ccccc1S2. The molecule has 4 rings (SSSR count). The third kappa shape index (κ3) is 2.49. The fourth-order valence-electron chi connectivity index (χ4n) is 2.73. The Morgan fingerprint density at radius 2 is 1.88 bits per heavy atom. The summed E-state index contributed by atoms with van der Waals surface area (Å²) < 4.78 is 0. The highest BCUT2D eigenvalue weighted by Gasteiger charge is 2.25. The van der Waals surface area contributed by atoms with E-state index in [4.69, 9.17) is 11.5 Å². The minimum Gasteiger partial charge on any atom is -0.383 e. The molecule has 1 aliphatic rings. The number of para-hydroxylation sites is 1. The number of nitrogens with two attached hydrogens (primary N) is 2. The number of hydrogen-bond donors (Lipinski definition) is 2. The molecule has 0 atom stereocenters. The zero-order chi connectivity index (χ0) is 17.4. The van der Waals surface area contributed by atoms with Gasteiger partial charge in [0.2, 0.25) is 0 Å². The number of rotatable bonds is 1. The molecule has 1 aromatic carbocycles. The maximum atomic E-state index is 9.61. The van der Waals surface area contributed by atoms with Crippen LogP contribution >= 0.6 is 11.8 Å². The lowest BCUT2D eigenvalue weighted by atomic mass is 9.97. The number of nitrogens with zero attached hydrogens (tertiary/aromatic N) is 4. The maximum absolute atomic E-state index is 9.61. The van der Waals surface area contributed by atoms with Crippen LogP contribution in [0.2, 0.25) is 0 Å². The first kappa shape index (κ1) is 15.2. The fraction of sp³-hybridized carbons (Fsp3) is 0. The Morgan fingerprint density at radius 3 is 2.64 bits per heavy atom. The van der Waals surface area contributed by atoms with Gasteiger partial charge in [0.15, 0.2) is 0 Å². The molecule has 7 heteroatoms. The van der Waals surface area contributed by atoms with Gasteiger partial charge in [-0.15, -0.1) is 0 Å². The quantitative estimate of drug-likeness (QED) is 0.701. The van der Waals surface area contributed by atoms with Gasteiger partial charge in [-0.1, -0.05) is 30.0 Å². The van der Waals surface area contributed by atoms with E-state index in [1.165, 1.54) is 11.8 Å². The molecular formula is C18H12N6S. The molecule has 0 amide bonds. The van der Waals surface area contributed by atoms with Gasteiger partial charge in [-0.05, 0) is 18.2 Å². The summed E-state index contributed by atoms with van der Waals surface area (Å²) in [5, 5.41) is 10.2. The van der Waals surface area contributed by atoms with E-state index >= 15 is 0 Å². The van der Waals surface area contributed by atoms with E-state index in [9.17, 15) is 5.26 Å². The maximum Gasteiger partial charge on any atom is 0.143 e. The number of benzene rings is 1. The molecule has 6 nitrogen and oxygen atoms in total. The summed E-state index contributed by atoms with van der Waals surface area (Å²) in [5.41, 5.74) is 15.4. The summed E-state index contributed by atoms with van der Waals surface area (Å²) in [6.45, 7) is 0.